The minimum Gasteiger partial charge on any atom is -0.496 e. The Morgan fingerprint density at radius 3 is 1.94 bits per heavy atom. The lowest BCUT2D eigenvalue weighted by molar-refractivity contribution is 0.368. The van der Waals surface area contributed by atoms with Crippen LogP contribution in [0, 0.1) is 0 Å². The molecular weight excluding hydrogens is 240 g/mol. The van der Waals surface area contributed by atoms with E-state index in [1.807, 2.05) is 19.1 Å². The number of rotatable bonds is 6. The van der Waals surface area contributed by atoms with Gasteiger partial charge in [0.15, 0.2) is 0 Å². The van der Waals surface area contributed by atoms with Gasteiger partial charge in [-0.1, -0.05) is 0 Å². The van der Waals surface area contributed by atoms with Crippen LogP contribution in [-0.2, 0) is 6.42 Å². The molecule has 1 unspecified atom stereocenters. The van der Waals surface area contributed by atoms with Gasteiger partial charge in [-0.25, -0.2) is 0 Å². The van der Waals surface area contributed by atoms with Crippen LogP contribution in [0.3, 0.4) is 0 Å². The quantitative estimate of drug-likeness (QED) is 0.733. The molecule has 0 N–H and O–H groups in total. The lowest BCUT2D eigenvalue weighted by Gasteiger charge is -2.15. The van der Waals surface area contributed by atoms with Gasteiger partial charge < -0.3 is 14.2 Å². The third-order valence-corrected chi connectivity index (χ3v) is 2.83. The molecular formula is C13H19ClO3. The molecule has 0 bridgehead atoms. The van der Waals surface area contributed by atoms with Crippen LogP contribution in [0.25, 0.3) is 0 Å². The zero-order valence-electron chi connectivity index (χ0n) is 10.7. The fourth-order valence-corrected chi connectivity index (χ4v) is 1.78. The van der Waals surface area contributed by atoms with E-state index in [1.165, 1.54) is 0 Å². The molecule has 0 saturated heterocycles. The van der Waals surface area contributed by atoms with Crippen molar-refractivity contribution in [2.45, 2.75) is 25.1 Å². The second-order valence-corrected chi connectivity index (χ2v) is 4.57. The summed E-state index contributed by atoms with van der Waals surface area (Å²) in [7, 11) is 4.90. The summed E-state index contributed by atoms with van der Waals surface area (Å²) >= 11 is 5.97. The summed E-state index contributed by atoms with van der Waals surface area (Å²) in [5.41, 5.74) is 1.03. The van der Waals surface area contributed by atoms with E-state index in [0.717, 1.165) is 35.7 Å². The molecule has 17 heavy (non-hydrogen) atoms. The molecule has 0 amide bonds. The highest BCUT2D eigenvalue weighted by Crippen LogP contribution is 2.35. The highest BCUT2D eigenvalue weighted by atomic mass is 35.5. The average Bonchev–Trinajstić information content (AvgIpc) is 2.34. The second-order valence-electron chi connectivity index (χ2n) is 3.83. The lowest BCUT2D eigenvalue weighted by Crippen LogP contribution is -2.01. The second kappa shape index (κ2) is 6.60. The standard InChI is InChI=1S/C13H19ClO3/c1-9(14)5-6-11-12(16-3)7-10(15-2)8-13(11)17-4/h7-9H,5-6H2,1-4H3. The van der Waals surface area contributed by atoms with E-state index in [1.54, 1.807) is 21.3 Å². The first-order chi connectivity index (χ1) is 8.12. The van der Waals surface area contributed by atoms with Crippen LogP contribution in [0.4, 0.5) is 0 Å². The minimum absolute atomic E-state index is 0.131. The maximum atomic E-state index is 5.97. The van der Waals surface area contributed by atoms with E-state index in [-0.39, 0.29) is 5.38 Å². The monoisotopic (exact) mass is 258 g/mol. The molecule has 1 aromatic rings. The number of halogens is 1. The van der Waals surface area contributed by atoms with Gasteiger partial charge in [-0.2, -0.15) is 0 Å². The molecule has 1 rings (SSSR count). The zero-order valence-corrected chi connectivity index (χ0v) is 11.5. The van der Waals surface area contributed by atoms with Gasteiger partial charge in [0.25, 0.3) is 0 Å². The Morgan fingerprint density at radius 2 is 1.59 bits per heavy atom. The molecule has 0 radical (unpaired) electrons. The first-order valence-electron chi connectivity index (χ1n) is 5.55. The van der Waals surface area contributed by atoms with Gasteiger partial charge in [-0.05, 0) is 19.8 Å². The highest BCUT2D eigenvalue weighted by Gasteiger charge is 2.13. The van der Waals surface area contributed by atoms with Gasteiger partial charge in [0.2, 0.25) is 0 Å². The minimum atomic E-state index is 0.131. The van der Waals surface area contributed by atoms with Gasteiger partial charge in [0, 0.05) is 23.1 Å². The lowest BCUT2D eigenvalue weighted by atomic mass is 10.1. The molecule has 0 aliphatic rings. The molecule has 0 aliphatic heterocycles. The fourth-order valence-electron chi connectivity index (χ4n) is 1.67. The summed E-state index contributed by atoms with van der Waals surface area (Å²) in [6.45, 7) is 1.98. The maximum absolute atomic E-state index is 5.97. The molecule has 0 saturated carbocycles. The summed E-state index contributed by atoms with van der Waals surface area (Å²) in [5, 5.41) is 0.131. The third-order valence-electron chi connectivity index (χ3n) is 2.61. The summed E-state index contributed by atoms with van der Waals surface area (Å²) in [6.07, 6.45) is 1.70. The SMILES string of the molecule is COc1cc(OC)c(CCC(C)Cl)c(OC)c1. The molecule has 0 spiro atoms. The predicted octanol–water partition coefficient (Wildman–Crippen LogP) is 3.27. The molecule has 0 aliphatic carbocycles. The van der Waals surface area contributed by atoms with E-state index in [2.05, 4.69) is 0 Å². The topological polar surface area (TPSA) is 27.7 Å². The molecule has 0 heterocycles. The smallest absolute Gasteiger partial charge is 0.129 e. The summed E-state index contributed by atoms with van der Waals surface area (Å²) in [4.78, 5) is 0. The van der Waals surface area contributed by atoms with Crippen molar-refractivity contribution in [1.82, 2.24) is 0 Å². The van der Waals surface area contributed by atoms with Crippen LogP contribution in [0.15, 0.2) is 12.1 Å². The molecule has 0 aromatic heterocycles. The van der Waals surface area contributed by atoms with E-state index < -0.39 is 0 Å². The van der Waals surface area contributed by atoms with Crippen LogP contribution in [0.5, 0.6) is 17.2 Å². The van der Waals surface area contributed by atoms with Crippen molar-refractivity contribution in [3.05, 3.63) is 17.7 Å². The van der Waals surface area contributed by atoms with Gasteiger partial charge in [0.1, 0.15) is 17.2 Å². The molecule has 1 atom stereocenters. The molecule has 1 aromatic carbocycles. The molecule has 3 nitrogen and oxygen atoms in total. The van der Waals surface area contributed by atoms with Crippen LogP contribution in [0.1, 0.15) is 18.9 Å². The van der Waals surface area contributed by atoms with Gasteiger partial charge in [-0.15, -0.1) is 11.6 Å². The van der Waals surface area contributed by atoms with Crippen LogP contribution >= 0.6 is 11.6 Å². The number of methoxy groups -OCH3 is 3. The van der Waals surface area contributed by atoms with Gasteiger partial charge in [-0.3, -0.25) is 0 Å². The first kappa shape index (κ1) is 14.0. The Kier molecular flexibility index (Phi) is 5.42. The molecule has 0 fully saturated rings. The van der Waals surface area contributed by atoms with E-state index in [4.69, 9.17) is 25.8 Å². The fraction of sp³-hybridized carbons (Fsp3) is 0.538. The Morgan fingerprint density at radius 1 is 1.06 bits per heavy atom. The highest BCUT2D eigenvalue weighted by molar-refractivity contribution is 6.20. The van der Waals surface area contributed by atoms with Crippen molar-refractivity contribution in [2.24, 2.45) is 0 Å². The van der Waals surface area contributed by atoms with Crippen LogP contribution < -0.4 is 14.2 Å². The molecule has 4 heteroatoms. The Bertz CT molecular complexity index is 339. The van der Waals surface area contributed by atoms with Crippen LogP contribution in [-0.4, -0.2) is 26.7 Å². The van der Waals surface area contributed by atoms with Crippen molar-refractivity contribution >= 4 is 11.6 Å². The number of ether oxygens (including phenoxy) is 3. The number of alkyl halides is 1. The third kappa shape index (κ3) is 3.70. The normalized spacial score (nSPS) is 12.1. The van der Waals surface area contributed by atoms with Crippen molar-refractivity contribution in [3.8, 4) is 17.2 Å². The predicted molar refractivity (Wildman–Crippen MR) is 69.7 cm³/mol. The average molecular weight is 259 g/mol. The largest absolute Gasteiger partial charge is 0.496 e. The van der Waals surface area contributed by atoms with E-state index in [0.29, 0.717) is 0 Å². The van der Waals surface area contributed by atoms with Crippen molar-refractivity contribution in [3.63, 3.8) is 0 Å². The summed E-state index contributed by atoms with van der Waals surface area (Å²) in [6, 6.07) is 3.72. The Labute approximate surface area is 108 Å². The Balaban J connectivity index is 3.06. The zero-order chi connectivity index (χ0) is 12.8. The maximum Gasteiger partial charge on any atom is 0.129 e. The van der Waals surface area contributed by atoms with E-state index >= 15 is 0 Å². The van der Waals surface area contributed by atoms with Crippen LogP contribution in [0.2, 0.25) is 0 Å². The summed E-state index contributed by atoms with van der Waals surface area (Å²) in [5.74, 6) is 2.28. The van der Waals surface area contributed by atoms with E-state index in [9.17, 15) is 0 Å². The van der Waals surface area contributed by atoms with Crippen molar-refractivity contribution < 1.29 is 14.2 Å². The Hall–Kier alpha value is -1.09. The first-order valence-corrected chi connectivity index (χ1v) is 5.99. The van der Waals surface area contributed by atoms with Gasteiger partial charge in [0.05, 0.1) is 21.3 Å². The van der Waals surface area contributed by atoms with Gasteiger partial charge >= 0.3 is 0 Å². The van der Waals surface area contributed by atoms with Crippen molar-refractivity contribution in [2.75, 3.05) is 21.3 Å². The van der Waals surface area contributed by atoms with Crippen molar-refractivity contribution in [1.29, 1.82) is 0 Å². The number of hydrogen-bond acceptors (Lipinski definition) is 3. The summed E-state index contributed by atoms with van der Waals surface area (Å²) < 4.78 is 15.9. The molecule has 96 valence electrons. The number of hydrogen-bond donors (Lipinski definition) is 0. The number of benzene rings is 1.